The van der Waals surface area contributed by atoms with Gasteiger partial charge in [-0.15, -0.1) is 0 Å². The topological polar surface area (TPSA) is 39.9 Å². The molecular formula is C15H19N3OS. The Bertz CT molecular complexity index is 600. The Morgan fingerprint density at radius 1 is 1.40 bits per heavy atom. The first-order chi connectivity index (χ1) is 9.92. The summed E-state index contributed by atoms with van der Waals surface area (Å²) < 4.78 is 7.91. The number of thioether (sulfide) groups is 1. The van der Waals surface area contributed by atoms with Crippen LogP contribution in [0.5, 0.6) is 0 Å². The number of pyridine rings is 1. The fourth-order valence-corrected chi connectivity index (χ4v) is 4.45. The fourth-order valence-electron chi connectivity index (χ4n) is 3.20. The third kappa shape index (κ3) is 2.23. The standard InChI is InChI=1S/C15H19N3OS/c1-4-13-15(16-6-1)18(9-12-3-2-8-20-12)14(17-13)11-5-7-19-10-11/h1,4,6,11-12H,2-3,5,7-10H2. The minimum absolute atomic E-state index is 0.440. The molecule has 0 amide bonds. The molecule has 0 aromatic carbocycles. The van der Waals surface area contributed by atoms with E-state index in [2.05, 4.69) is 27.4 Å². The fraction of sp³-hybridized carbons (Fsp3) is 0.600. The van der Waals surface area contributed by atoms with Crippen LogP contribution in [0.4, 0.5) is 0 Å². The molecule has 0 saturated carbocycles. The van der Waals surface area contributed by atoms with E-state index in [0.29, 0.717) is 5.92 Å². The highest BCUT2D eigenvalue weighted by atomic mass is 32.2. The van der Waals surface area contributed by atoms with Gasteiger partial charge in [0.1, 0.15) is 11.3 Å². The van der Waals surface area contributed by atoms with Crippen LogP contribution in [0.3, 0.4) is 0 Å². The van der Waals surface area contributed by atoms with E-state index >= 15 is 0 Å². The molecule has 2 unspecified atom stereocenters. The molecule has 2 fully saturated rings. The molecule has 0 aliphatic carbocycles. The molecule has 2 saturated heterocycles. The van der Waals surface area contributed by atoms with Gasteiger partial charge in [0.15, 0.2) is 5.65 Å². The molecule has 4 rings (SSSR count). The van der Waals surface area contributed by atoms with Crippen molar-refractivity contribution >= 4 is 22.9 Å². The van der Waals surface area contributed by atoms with Crippen LogP contribution in [0.1, 0.15) is 31.0 Å². The maximum absolute atomic E-state index is 5.55. The van der Waals surface area contributed by atoms with Crippen LogP contribution in [0.25, 0.3) is 11.2 Å². The SMILES string of the molecule is c1cnc2c(c1)nc(C1CCOC1)n2CC1CCCS1. The highest BCUT2D eigenvalue weighted by Crippen LogP contribution is 2.32. The summed E-state index contributed by atoms with van der Waals surface area (Å²) in [5, 5.41) is 0.718. The van der Waals surface area contributed by atoms with Crippen molar-refractivity contribution < 1.29 is 4.74 Å². The van der Waals surface area contributed by atoms with Crippen LogP contribution in [0, 0.1) is 0 Å². The first kappa shape index (κ1) is 12.7. The molecular weight excluding hydrogens is 270 g/mol. The lowest BCUT2D eigenvalue weighted by Crippen LogP contribution is -2.16. The summed E-state index contributed by atoms with van der Waals surface area (Å²) in [6, 6.07) is 4.04. The van der Waals surface area contributed by atoms with Crippen molar-refractivity contribution in [2.24, 2.45) is 0 Å². The number of fused-ring (bicyclic) bond motifs is 1. The van der Waals surface area contributed by atoms with Gasteiger partial charge in [-0.3, -0.25) is 0 Å². The monoisotopic (exact) mass is 289 g/mol. The number of imidazole rings is 1. The summed E-state index contributed by atoms with van der Waals surface area (Å²) in [6.45, 7) is 2.71. The van der Waals surface area contributed by atoms with Crippen LogP contribution in [-0.2, 0) is 11.3 Å². The third-order valence-corrected chi connectivity index (χ3v) is 5.62. The largest absolute Gasteiger partial charge is 0.381 e. The van der Waals surface area contributed by atoms with Gasteiger partial charge in [0.2, 0.25) is 0 Å². The van der Waals surface area contributed by atoms with Gasteiger partial charge in [0.25, 0.3) is 0 Å². The van der Waals surface area contributed by atoms with Crippen LogP contribution >= 0.6 is 11.8 Å². The van der Waals surface area contributed by atoms with E-state index in [1.54, 1.807) is 0 Å². The van der Waals surface area contributed by atoms with Gasteiger partial charge in [0, 0.05) is 30.5 Å². The molecule has 2 atom stereocenters. The molecule has 106 valence electrons. The molecule has 0 spiro atoms. The molecule has 0 N–H and O–H groups in total. The van der Waals surface area contributed by atoms with Crippen molar-refractivity contribution in [3.05, 3.63) is 24.2 Å². The summed E-state index contributed by atoms with van der Waals surface area (Å²) >= 11 is 2.09. The van der Waals surface area contributed by atoms with Gasteiger partial charge in [-0.1, -0.05) is 0 Å². The van der Waals surface area contributed by atoms with Crippen molar-refractivity contribution in [3.63, 3.8) is 0 Å². The Kier molecular flexibility index (Phi) is 3.40. The summed E-state index contributed by atoms with van der Waals surface area (Å²) in [5.41, 5.74) is 2.07. The number of hydrogen-bond acceptors (Lipinski definition) is 4. The normalized spacial score (nSPS) is 26.6. The molecule has 2 aliphatic heterocycles. The van der Waals surface area contributed by atoms with Gasteiger partial charge in [0.05, 0.1) is 6.61 Å². The Hall–Kier alpha value is -1.07. The molecule has 2 aromatic heterocycles. The highest BCUT2D eigenvalue weighted by molar-refractivity contribution is 8.00. The Labute approximate surface area is 122 Å². The number of hydrogen-bond donors (Lipinski definition) is 0. The summed E-state index contributed by atoms with van der Waals surface area (Å²) in [5.74, 6) is 2.92. The third-order valence-electron chi connectivity index (χ3n) is 4.24. The summed E-state index contributed by atoms with van der Waals surface area (Å²) in [6.07, 6.45) is 5.62. The molecule has 5 heteroatoms. The van der Waals surface area contributed by atoms with E-state index in [1.807, 2.05) is 12.3 Å². The predicted octanol–water partition coefficient (Wildman–Crippen LogP) is 2.83. The van der Waals surface area contributed by atoms with E-state index in [1.165, 1.54) is 24.4 Å². The average Bonchev–Trinajstić information content (AvgIpc) is 3.19. The molecule has 2 aromatic rings. The van der Waals surface area contributed by atoms with E-state index in [0.717, 1.165) is 42.6 Å². The minimum atomic E-state index is 0.440. The van der Waals surface area contributed by atoms with E-state index in [-0.39, 0.29) is 0 Å². The van der Waals surface area contributed by atoms with Gasteiger partial charge in [-0.2, -0.15) is 11.8 Å². The smallest absolute Gasteiger partial charge is 0.160 e. The summed E-state index contributed by atoms with van der Waals surface area (Å²) in [4.78, 5) is 9.41. The number of rotatable bonds is 3. The first-order valence-electron chi connectivity index (χ1n) is 7.42. The number of aromatic nitrogens is 3. The second-order valence-corrected chi connectivity index (χ2v) is 7.03. The lowest BCUT2D eigenvalue weighted by molar-refractivity contribution is 0.192. The van der Waals surface area contributed by atoms with Crippen molar-refractivity contribution in [1.82, 2.24) is 14.5 Å². The lowest BCUT2D eigenvalue weighted by Gasteiger charge is -2.15. The molecule has 2 aliphatic rings. The van der Waals surface area contributed by atoms with Crippen LogP contribution in [0.15, 0.2) is 18.3 Å². The number of nitrogens with zero attached hydrogens (tertiary/aromatic N) is 3. The first-order valence-corrected chi connectivity index (χ1v) is 8.47. The zero-order chi connectivity index (χ0) is 13.4. The zero-order valence-corrected chi connectivity index (χ0v) is 12.3. The van der Waals surface area contributed by atoms with Gasteiger partial charge in [-0.25, -0.2) is 9.97 Å². The molecule has 20 heavy (non-hydrogen) atoms. The van der Waals surface area contributed by atoms with Gasteiger partial charge in [-0.05, 0) is 37.1 Å². The maximum atomic E-state index is 5.55. The number of ether oxygens (including phenoxy) is 1. The van der Waals surface area contributed by atoms with Gasteiger partial charge >= 0.3 is 0 Å². The quantitative estimate of drug-likeness (QED) is 0.871. The second-order valence-electron chi connectivity index (χ2n) is 5.62. The van der Waals surface area contributed by atoms with Crippen molar-refractivity contribution in [1.29, 1.82) is 0 Å². The van der Waals surface area contributed by atoms with E-state index in [4.69, 9.17) is 9.72 Å². The molecule has 0 bridgehead atoms. The van der Waals surface area contributed by atoms with Crippen LogP contribution < -0.4 is 0 Å². The minimum Gasteiger partial charge on any atom is -0.381 e. The highest BCUT2D eigenvalue weighted by Gasteiger charge is 2.26. The maximum Gasteiger partial charge on any atom is 0.160 e. The summed E-state index contributed by atoms with van der Waals surface area (Å²) in [7, 11) is 0. The van der Waals surface area contributed by atoms with Crippen LogP contribution in [0.2, 0.25) is 0 Å². The van der Waals surface area contributed by atoms with Crippen molar-refractivity contribution in [2.75, 3.05) is 19.0 Å². The lowest BCUT2D eigenvalue weighted by atomic mass is 10.1. The Morgan fingerprint density at radius 2 is 2.40 bits per heavy atom. The second kappa shape index (κ2) is 5.37. The van der Waals surface area contributed by atoms with Gasteiger partial charge < -0.3 is 9.30 Å². The van der Waals surface area contributed by atoms with E-state index < -0.39 is 0 Å². The van der Waals surface area contributed by atoms with Crippen molar-refractivity contribution in [2.45, 2.75) is 37.0 Å². The molecule has 0 radical (unpaired) electrons. The van der Waals surface area contributed by atoms with Crippen molar-refractivity contribution in [3.8, 4) is 0 Å². The average molecular weight is 289 g/mol. The zero-order valence-electron chi connectivity index (χ0n) is 11.5. The van der Waals surface area contributed by atoms with Crippen LogP contribution in [-0.4, -0.2) is 38.8 Å². The Morgan fingerprint density at radius 3 is 3.20 bits per heavy atom. The molecule has 4 heterocycles. The van der Waals surface area contributed by atoms with E-state index in [9.17, 15) is 0 Å². The predicted molar refractivity (Wildman–Crippen MR) is 81.2 cm³/mol. The Balaban J connectivity index is 1.75. The molecule has 4 nitrogen and oxygen atoms in total.